The summed E-state index contributed by atoms with van der Waals surface area (Å²) in [6.07, 6.45) is 0.305. The summed E-state index contributed by atoms with van der Waals surface area (Å²) in [5, 5.41) is 9.08. The second kappa shape index (κ2) is 8.57. The van der Waals surface area contributed by atoms with Crippen molar-refractivity contribution in [3.8, 4) is 17.6 Å². The molecule has 1 aliphatic heterocycles. The van der Waals surface area contributed by atoms with Crippen LogP contribution in [-0.2, 0) is 11.2 Å². The van der Waals surface area contributed by atoms with E-state index in [0.717, 1.165) is 11.3 Å². The molecule has 0 unspecified atom stereocenters. The Bertz CT molecular complexity index is 901. The number of anilines is 1. The topological polar surface area (TPSA) is 91.6 Å². The molecule has 0 radical (unpaired) electrons. The lowest BCUT2D eigenvalue weighted by molar-refractivity contribution is -0.130. The largest absolute Gasteiger partial charge is 0.493 e. The lowest BCUT2D eigenvalue weighted by atomic mass is 10.1. The quantitative estimate of drug-likeness (QED) is 0.776. The van der Waals surface area contributed by atoms with E-state index in [1.807, 2.05) is 28.9 Å². The number of aromatic nitrogens is 2. The standard InChI is InChI=1S/C20H23N5O3/c1-14-10-16(13-21)23-20(22-14)25-8-6-24(7-9-25)19(26)12-15-4-5-17(27-2)18(11-15)28-3/h4-5,10-11H,6-9,12H2,1-3H3. The van der Waals surface area contributed by atoms with E-state index in [2.05, 4.69) is 16.0 Å². The van der Waals surface area contributed by atoms with Crippen LogP contribution >= 0.6 is 0 Å². The van der Waals surface area contributed by atoms with Gasteiger partial charge in [-0.2, -0.15) is 5.26 Å². The molecule has 0 atom stereocenters. The monoisotopic (exact) mass is 381 g/mol. The molecule has 1 aliphatic rings. The predicted octanol–water partition coefficient (Wildman–Crippen LogP) is 1.57. The van der Waals surface area contributed by atoms with Gasteiger partial charge in [-0.15, -0.1) is 0 Å². The highest BCUT2D eigenvalue weighted by atomic mass is 16.5. The number of rotatable bonds is 5. The molecule has 8 heteroatoms. The van der Waals surface area contributed by atoms with Crippen molar-refractivity contribution in [1.82, 2.24) is 14.9 Å². The van der Waals surface area contributed by atoms with Crippen molar-refractivity contribution in [2.24, 2.45) is 0 Å². The molecular formula is C20H23N5O3. The third kappa shape index (κ3) is 4.31. The number of hydrogen-bond acceptors (Lipinski definition) is 7. The molecule has 0 bridgehead atoms. The zero-order valence-corrected chi connectivity index (χ0v) is 16.3. The zero-order chi connectivity index (χ0) is 20.1. The number of carbonyl (C=O) groups is 1. The number of piperazine rings is 1. The van der Waals surface area contributed by atoms with Gasteiger partial charge in [-0.1, -0.05) is 6.07 Å². The van der Waals surface area contributed by atoms with Crippen molar-refractivity contribution in [1.29, 1.82) is 5.26 Å². The number of methoxy groups -OCH3 is 2. The maximum Gasteiger partial charge on any atom is 0.227 e. The summed E-state index contributed by atoms with van der Waals surface area (Å²) in [6, 6.07) is 9.23. The van der Waals surface area contributed by atoms with Crippen molar-refractivity contribution in [2.45, 2.75) is 13.3 Å². The molecule has 1 aromatic carbocycles. The second-order valence-electron chi connectivity index (χ2n) is 6.54. The third-order valence-electron chi connectivity index (χ3n) is 4.68. The van der Waals surface area contributed by atoms with E-state index in [1.165, 1.54) is 0 Å². The fourth-order valence-electron chi connectivity index (χ4n) is 3.18. The van der Waals surface area contributed by atoms with Crippen LogP contribution in [0.4, 0.5) is 5.95 Å². The summed E-state index contributed by atoms with van der Waals surface area (Å²) in [5.74, 6) is 1.86. The molecule has 1 saturated heterocycles. The number of nitrogens with zero attached hydrogens (tertiary/aromatic N) is 5. The van der Waals surface area contributed by atoms with Gasteiger partial charge in [0.2, 0.25) is 11.9 Å². The van der Waals surface area contributed by atoms with Crippen LogP contribution in [0.2, 0.25) is 0 Å². The minimum absolute atomic E-state index is 0.0646. The summed E-state index contributed by atoms with van der Waals surface area (Å²) in [7, 11) is 3.16. The van der Waals surface area contributed by atoms with Crippen LogP contribution < -0.4 is 14.4 Å². The molecule has 1 amide bonds. The summed E-state index contributed by atoms with van der Waals surface area (Å²) in [5.41, 5.74) is 1.99. The van der Waals surface area contributed by atoms with Gasteiger partial charge >= 0.3 is 0 Å². The second-order valence-corrected chi connectivity index (χ2v) is 6.54. The molecule has 0 spiro atoms. The summed E-state index contributed by atoms with van der Waals surface area (Å²) in [4.78, 5) is 25.2. The maximum atomic E-state index is 12.7. The van der Waals surface area contributed by atoms with Gasteiger partial charge in [0.15, 0.2) is 11.5 Å². The van der Waals surface area contributed by atoms with E-state index in [4.69, 9.17) is 14.7 Å². The Morgan fingerprint density at radius 2 is 1.82 bits per heavy atom. The van der Waals surface area contributed by atoms with Crippen LogP contribution in [0.1, 0.15) is 17.0 Å². The molecule has 1 fully saturated rings. The minimum Gasteiger partial charge on any atom is -0.493 e. The Morgan fingerprint density at radius 1 is 1.11 bits per heavy atom. The van der Waals surface area contributed by atoms with Crippen molar-refractivity contribution in [2.75, 3.05) is 45.3 Å². The van der Waals surface area contributed by atoms with E-state index in [1.54, 1.807) is 26.4 Å². The summed E-state index contributed by atoms with van der Waals surface area (Å²) < 4.78 is 10.5. The van der Waals surface area contributed by atoms with Gasteiger partial charge in [-0.3, -0.25) is 4.79 Å². The first-order chi connectivity index (χ1) is 13.5. The van der Waals surface area contributed by atoms with Crippen LogP contribution in [0.3, 0.4) is 0 Å². The highest BCUT2D eigenvalue weighted by Gasteiger charge is 2.23. The highest BCUT2D eigenvalue weighted by Crippen LogP contribution is 2.28. The minimum atomic E-state index is 0.0646. The summed E-state index contributed by atoms with van der Waals surface area (Å²) in [6.45, 7) is 4.28. The lowest BCUT2D eigenvalue weighted by Gasteiger charge is -2.35. The van der Waals surface area contributed by atoms with Gasteiger partial charge in [-0.25, -0.2) is 9.97 Å². The first kappa shape index (κ1) is 19.4. The van der Waals surface area contributed by atoms with Gasteiger partial charge in [-0.05, 0) is 30.7 Å². The number of benzene rings is 1. The number of aryl methyl sites for hydroxylation is 1. The SMILES string of the molecule is COc1ccc(CC(=O)N2CCN(c3nc(C)cc(C#N)n3)CC2)cc1OC. The Balaban J connectivity index is 1.61. The van der Waals surface area contributed by atoms with Gasteiger partial charge < -0.3 is 19.3 Å². The fourth-order valence-corrected chi connectivity index (χ4v) is 3.18. The Labute approximate surface area is 164 Å². The molecule has 3 rings (SSSR count). The van der Waals surface area contributed by atoms with Crippen molar-refractivity contribution < 1.29 is 14.3 Å². The number of ether oxygens (including phenoxy) is 2. The van der Waals surface area contributed by atoms with Gasteiger partial charge in [0, 0.05) is 31.9 Å². The molecule has 146 valence electrons. The van der Waals surface area contributed by atoms with E-state index >= 15 is 0 Å². The van der Waals surface area contributed by atoms with Gasteiger partial charge in [0.1, 0.15) is 11.8 Å². The van der Waals surface area contributed by atoms with Gasteiger partial charge in [0.05, 0.1) is 20.6 Å². The van der Waals surface area contributed by atoms with Crippen LogP contribution in [0.15, 0.2) is 24.3 Å². The van der Waals surface area contributed by atoms with Crippen LogP contribution in [0, 0.1) is 18.3 Å². The zero-order valence-electron chi connectivity index (χ0n) is 16.3. The van der Waals surface area contributed by atoms with E-state index < -0.39 is 0 Å². The van der Waals surface area contributed by atoms with E-state index in [9.17, 15) is 4.79 Å². The Morgan fingerprint density at radius 3 is 2.46 bits per heavy atom. The number of amides is 1. The smallest absolute Gasteiger partial charge is 0.227 e. The number of carbonyl (C=O) groups excluding carboxylic acids is 1. The van der Waals surface area contributed by atoms with Crippen LogP contribution in [0.5, 0.6) is 11.5 Å². The average Bonchev–Trinajstić information content (AvgIpc) is 2.73. The highest BCUT2D eigenvalue weighted by molar-refractivity contribution is 5.79. The predicted molar refractivity (Wildman–Crippen MR) is 104 cm³/mol. The lowest BCUT2D eigenvalue weighted by Crippen LogP contribution is -2.49. The third-order valence-corrected chi connectivity index (χ3v) is 4.68. The summed E-state index contributed by atoms with van der Waals surface area (Å²) >= 11 is 0. The van der Waals surface area contributed by atoms with Crippen LogP contribution in [0.25, 0.3) is 0 Å². The molecule has 8 nitrogen and oxygen atoms in total. The fraction of sp³-hybridized carbons (Fsp3) is 0.400. The van der Waals surface area contributed by atoms with Gasteiger partial charge in [0.25, 0.3) is 0 Å². The first-order valence-electron chi connectivity index (χ1n) is 9.03. The molecule has 28 heavy (non-hydrogen) atoms. The molecule has 0 saturated carbocycles. The van der Waals surface area contributed by atoms with Crippen LogP contribution in [-0.4, -0.2) is 61.2 Å². The molecule has 2 heterocycles. The molecular weight excluding hydrogens is 358 g/mol. The van der Waals surface area contributed by atoms with Crippen molar-refractivity contribution in [3.05, 3.63) is 41.2 Å². The van der Waals surface area contributed by atoms with Crippen molar-refractivity contribution >= 4 is 11.9 Å². The first-order valence-corrected chi connectivity index (χ1v) is 9.03. The molecule has 0 aliphatic carbocycles. The number of nitriles is 1. The van der Waals surface area contributed by atoms with E-state index in [-0.39, 0.29) is 5.91 Å². The molecule has 0 N–H and O–H groups in total. The average molecular weight is 381 g/mol. The maximum absolute atomic E-state index is 12.7. The van der Waals surface area contributed by atoms with Crippen molar-refractivity contribution in [3.63, 3.8) is 0 Å². The van der Waals surface area contributed by atoms with E-state index in [0.29, 0.717) is 55.7 Å². The number of hydrogen-bond donors (Lipinski definition) is 0. The Kier molecular flexibility index (Phi) is 5.94. The molecule has 2 aromatic rings. The Hall–Kier alpha value is -3.34. The molecule has 1 aromatic heterocycles. The normalized spacial score (nSPS) is 13.8.